The first kappa shape index (κ1) is 18.7. The summed E-state index contributed by atoms with van der Waals surface area (Å²) >= 11 is 0. The van der Waals surface area contributed by atoms with Crippen molar-refractivity contribution < 1.29 is 0 Å². The third kappa shape index (κ3) is 5.19. The highest BCUT2D eigenvalue weighted by Gasteiger charge is 2.15. The van der Waals surface area contributed by atoms with Gasteiger partial charge >= 0.3 is 0 Å². The molecule has 1 aliphatic rings. The summed E-state index contributed by atoms with van der Waals surface area (Å²) in [6, 6.07) is 6.33. The molecule has 0 aliphatic heterocycles. The van der Waals surface area contributed by atoms with E-state index in [-0.39, 0.29) is 0 Å². The van der Waals surface area contributed by atoms with Crippen molar-refractivity contribution in [3.8, 4) is 0 Å². The van der Waals surface area contributed by atoms with Crippen molar-refractivity contribution in [3.63, 3.8) is 0 Å². The number of pyridine rings is 1. The van der Waals surface area contributed by atoms with Crippen LogP contribution in [0.15, 0.2) is 29.4 Å². The van der Waals surface area contributed by atoms with Crippen LogP contribution >= 0.6 is 0 Å². The van der Waals surface area contributed by atoms with Gasteiger partial charge in [-0.3, -0.25) is 4.40 Å². The van der Waals surface area contributed by atoms with Gasteiger partial charge in [-0.1, -0.05) is 38.2 Å². The standard InChI is InChI=1S/C20H32N6/c1-3-21-20(23-16(2)12-13-17-9-5-4-6-10-17)22-15-19-25-24-18-11-7-8-14-26(18)19/h7-8,11,14,16-17H,3-6,9-10,12-13,15H2,1-2H3,(H2,21,22,23). The second kappa shape index (κ2) is 9.55. The van der Waals surface area contributed by atoms with Crippen LogP contribution < -0.4 is 10.6 Å². The molecule has 0 aromatic carbocycles. The Hall–Kier alpha value is -2.11. The molecule has 0 saturated heterocycles. The maximum Gasteiger partial charge on any atom is 0.191 e. The minimum atomic E-state index is 0.421. The van der Waals surface area contributed by atoms with Gasteiger partial charge in [-0.25, -0.2) is 4.99 Å². The molecule has 142 valence electrons. The van der Waals surface area contributed by atoms with Crippen molar-refractivity contribution in [2.45, 2.75) is 71.4 Å². The van der Waals surface area contributed by atoms with E-state index < -0.39 is 0 Å². The van der Waals surface area contributed by atoms with Crippen molar-refractivity contribution in [2.24, 2.45) is 10.9 Å². The lowest BCUT2D eigenvalue weighted by molar-refractivity contribution is 0.322. The van der Waals surface area contributed by atoms with Crippen molar-refractivity contribution in [3.05, 3.63) is 30.2 Å². The minimum absolute atomic E-state index is 0.421. The predicted octanol–water partition coefficient (Wildman–Crippen LogP) is 3.53. The number of nitrogens with zero attached hydrogens (tertiary/aromatic N) is 4. The van der Waals surface area contributed by atoms with Crippen LogP contribution in [-0.2, 0) is 6.54 Å². The Balaban J connectivity index is 1.54. The summed E-state index contributed by atoms with van der Waals surface area (Å²) in [6.07, 6.45) is 11.6. The van der Waals surface area contributed by atoms with E-state index in [2.05, 4.69) is 34.7 Å². The van der Waals surface area contributed by atoms with Gasteiger partial charge < -0.3 is 10.6 Å². The summed E-state index contributed by atoms with van der Waals surface area (Å²) in [5.41, 5.74) is 0.858. The number of hydrogen-bond donors (Lipinski definition) is 2. The number of hydrogen-bond acceptors (Lipinski definition) is 3. The molecule has 1 fully saturated rings. The van der Waals surface area contributed by atoms with E-state index in [1.807, 2.05) is 28.8 Å². The topological polar surface area (TPSA) is 66.6 Å². The Morgan fingerprint density at radius 1 is 1.27 bits per heavy atom. The van der Waals surface area contributed by atoms with E-state index in [9.17, 15) is 0 Å². The van der Waals surface area contributed by atoms with Gasteiger partial charge in [0.2, 0.25) is 0 Å². The summed E-state index contributed by atoms with van der Waals surface area (Å²) in [5, 5.41) is 15.3. The lowest BCUT2D eigenvalue weighted by Crippen LogP contribution is -2.42. The Morgan fingerprint density at radius 3 is 2.92 bits per heavy atom. The normalized spacial score (nSPS) is 17.4. The third-order valence-electron chi connectivity index (χ3n) is 5.22. The van der Waals surface area contributed by atoms with E-state index in [1.165, 1.54) is 44.9 Å². The number of guanidine groups is 1. The predicted molar refractivity (Wildman–Crippen MR) is 106 cm³/mol. The summed E-state index contributed by atoms with van der Waals surface area (Å²) in [5.74, 6) is 2.64. The van der Waals surface area contributed by atoms with E-state index in [0.29, 0.717) is 12.6 Å². The van der Waals surface area contributed by atoms with Crippen LogP contribution in [0.1, 0.15) is 64.6 Å². The molecular weight excluding hydrogens is 324 g/mol. The molecule has 1 saturated carbocycles. The first-order chi connectivity index (χ1) is 12.8. The SMILES string of the molecule is CCNC(=NCc1nnc2ccccn12)NC(C)CCC1CCCCC1. The van der Waals surface area contributed by atoms with Crippen LogP contribution in [0.25, 0.3) is 5.65 Å². The monoisotopic (exact) mass is 356 g/mol. The summed E-state index contributed by atoms with van der Waals surface area (Å²) in [7, 11) is 0. The first-order valence-corrected chi connectivity index (χ1v) is 10.1. The van der Waals surface area contributed by atoms with E-state index in [4.69, 9.17) is 4.99 Å². The molecule has 0 amide bonds. The minimum Gasteiger partial charge on any atom is -0.357 e. The number of aliphatic imine (C=N–C) groups is 1. The zero-order valence-electron chi connectivity index (χ0n) is 16.1. The van der Waals surface area contributed by atoms with Gasteiger partial charge in [0.1, 0.15) is 6.54 Å². The molecule has 1 unspecified atom stereocenters. The van der Waals surface area contributed by atoms with Crippen molar-refractivity contribution in [1.82, 2.24) is 25.2 Å². The molecule has 2 aromatic rings. The fourth-order valence-corrected chi connectivity index (χ4v) is 3.74. The third-order valence-corrected chi connectivity index (χ3v) is 5.22. The molecule has 1 atom stereocenters. The van der Waals surface area contributed by atoms with Crippen LogP contribution in [-0.4, -0.2) is 33.1 Å². The van der Waals surface area contributed by atoms with Gasteiger partial charge in [0, 0.05) is 18.8 Å². The molecule has 26 heavy (non-hydrogen) atoms. The molecule has 2 N–H and O–H groups in total. The second-order valence-electron chi connectivity index (χ2n) is 7.37. The Morgan fingerprint density at radius 2 is 2.12 bits per heavy atom. The van der Waals surface area contributed by atoms with Gasteiger partial charge in [-0.15, -0.1) is 10.2 Å². The van der Waals surface area contributed by atoms with Gasteiger partial charge in [-0.2, -0.15) is 0 Å². The maximum atomic E-state index is 4.71. The second-order valence-corrected chi connectivity index (χ2v) is 7.37. The number of aromatic nitrogens is 3. The molecule has 2 heterocycles. The van der Waals surface area contributed by atoms with Gasteiger partial charge in [0.25, 0.3) is 0 Å². The first-order valence-electron chi connectivity index (χ1n) is 10.1. The lowest BCUT2D eigenvalue weighted by atomic mass is 9.85. The highest BCUT2D eigenvalue weighted by molar-refractivity contribution is 5.80. The lowest BCUT2D eigenvalue weighted by Gasteiger charge is -2.24. The molecular formula is C20H32N6. The molecule has 6 heteroatoms. The maximum absolute atomic E-state index is 4.71. The number of nitrogens with one attached hydrogen (secondary N) is 2. The van der Waals surface area contributed by atoms with Gasteiger partial charge in [0.05, 0.1) is 0 Å². The van der Waals surface area contributed by atoms with Crippen LogP contribution in [0.3, 0.4) is 0 Å². The summed E-state index contributed by atoms with van der Waals surface area (Å²) < 4.78 is 1.99. The van der Waals surface area contributed by atoms with Crippen molar-refractivity contribution in [1.29, 1.82) is 0 Å². The highest BCUT2D eigenvalue weighted by Crippen LogP contribution is 2.27. The van der Waals surface area contributed by atoms with E-state index in [1.54, 1.807) is 0 Å². The zero-order chi connectivity index (χ0) is 18.2. The van der Waals surface area contributed by atoms with E-state index in [0.717, 1.165) is 29.9 Å². The molecule has 0 spiro atoms. The van der Waals surface area contributed by atoms with Crippen LogP contribution in [0.2, 0.25) is 0 Å². The average molecular weight is 357 g/mol. The quantitative estimate of drug-likeness (QED) is 0.588. The van der Waals surface area contributed by atoms with Crippen LogP contribution in [0.4, 0.5) is 0 Å². The van der Waals surface area contributed by atoms with Crippen LogP contribution in [0.5, 0.6) is 0 Å². The van der Waals surface area contributed by atoms with Gasteiger partial charge in [0.15, 0.2) is 17.4 Å². The largest absolute Gasteiger partial charge is 0.357 e. The Bertz CT molecular complexity index is 701. The molecule has 6 nitrogen and oxygen atoms in total. The fraction of sp³-hybridized carbons (Fsp3) is 0.650. The highest BCUT2D eigenvalue weighted by atomic mass is 15.3. The molecule has 0 bridgehead atoms. The smallest absolute Gasteiger partial charge is 0.191 e. The molecule has 3 rings (SSSR count). The number of rotatable bonds is 7. The zero-order valence-corrected chi connectivity index (χ0v) is 16.1. The van der Waals surface area contributed by atoms with Crippen LogP contribution in [0, 0.1) is 5.92 Å². The Kier molecular flexibility index (Phi) is 6.86. The number of fused-ring (bicyclic) bond motifs is 1. The molecule has 1 aliphatic carbocycles. The van der Waals surface area contributed by atoms with Gasteiger partial charge in [-0.05, 0) is 44.7 Å². The molecule has 0 radical (unpaired) electrons. The summed E-state index contributed by atoms with van der Waals surface area (Å²) in [4.78, 5) is 4.71. The van der Waals surface area contributed by atoms with Crippen molar-refractivity contribution >= 4 is 11.6 Å². The van der Waals surface area contributed by atoms with E-state index >= 15 is 0 Å². The fourth-order valence-electron chi connectivity index (χ4n) is 3.74. The summed E-state index contributed by atoms with van der Waals surface area (Å²) in [6.45, 7) is 5.70. The molecule has 2 aromatic heterocycles. The average Bonchev–Trinajstić information content (AvgIpc) is 3.09. The van der Waals surface area contributed by atoms with Crippen molar-refractivity contribution in [2.75, 3.05) is 6.54 Å². The Labute approximate surface area is 156 Å².